The Bertz CT molecular complexity index is 1860. The Hall–Kier alpha value is -4.62. The molecule has 2 aromatic heterocycles. The van der Waals surface area contributed by atoms with E-state index in [0.29, 0.717) is 11.6 Å². The molecular formula is C30H20F6N4O2S. The maximum absolute atomic E-state index is 13.8. The summed E-state index contributed by atoms with van der Waals surface area (Å²) in [6.07, 6.45) is -8.18. The molecule has 0 saturated carbocycles. The van der Waals surface area contributed by atoms with Crippen LogP contribution in [0.2, 0.25) is 0 Å². The number of sulfonamides is 1. The molecule has 5 rings (SSSR count). The third-order valence-corrected chi connectivity index (χ3v) is 7.69. The van der Waals surface area contributed by atoms with E-state index in [0.717, 1.165) is 29.8 Å². The molecule has 5 aromatic rings. The van der Waals surface area contributed by atoms with Crippen LogP contribution < -0.4 is 4.72 Å². The molecule has 0 atom stereocenters. The molecule has 0 saturated heterocycles. The lowest BCUT2D eigenvalue weighted by Gasteiger charge is -2.12. The Kier molecular flexibility index (Phi) is 8.04. The summed E-state index contributed by atoms with van der Waals surface area (Å²) in [7, 11) is -3.92. The fourth-order valence-electron chi connectivity index (χ4n) is 4.11. The molecule has 1 N–H and O–H groups in total. The van der Waals surface area contributed by atoms with Crippen LogP contribution in [-0.2, 0) is 28.9 Å². The largest absolute Gasteiger partial charge is 0.433 e. The lowest BCUT2D eigenvalue weighted by molar-refractivity contribution is -0.141. The smallest absolute Gasteiger partial charge is 0.256 e. The standard InChI is InChI=1S/C30H20F6N4O2S/c31-29(32,33)23-11-9-20(10-12-23)26-17-27(30(34,35)36)40-28(39-26)22-13-14-37-25(16-22)21-7-4-8-24(15-21)43(41,42)38-18-19-5-2-1-3-6-19/h1-17,38H,18H2. The van der Waals surface area contributed by atoms with Crippen molar-refractivity contribution < 1.29 is 34.8 Å². The summed E-state index contributed by atoms with van der Waals surface area (Å²) in [5.41, 5.74) is -0.982. The molecule has 6 nitrogen and oxygen atoms in total. The Morgan fingerprint density at radius 2 is 1.37 bits per heavy atom. The SMILES string of the molecule is O=S(=O)(NCc1ccccc1)c1cccc(-c2cc(-c3nc(-c4ccc(C(F)(F)F)cc4)cc(C(F)(F)F)n3)ccn2)c1. The first-order chi connectivity index (χ1) is 20.3. The van der Waals surface area contributed by atoms with Gasteiger partial charge in [0.15, 0.2) is 5.82 Å². The summed E-state index contributed by atoms with van der Waals surface area (Å²) in [6.45, 7) is 0.0648. The predicted octanol–water partition coefficient (Wildman–Crippen LogP) is 7.39. The summed E-state index contributed by atoms with van der Waals surface area (Å²) < 4.78 is 109. The average molecular weight is 615 g/mol. The minimum absolute atomic E-state index is 0.0253. The second-order valence-electron chi connectivity index (χ2n) is 9.30. The van der Waals surface area contributed by atoms with Crippen molar-refractivity contribution in [3.05, 3.63) is 120 Å². The first-order valence-electron chi connectivity index (χ1n) is 12.5. The molecule has 220 valence electrons. The van der Waals surface area contributed by atoms with Gasteiger partial charge < -0.3 is 0 Å². The van der Waals surface area contributed by atoms with Crippen LogP contribution in [0.3, 0.4) is 0 Å². The number of hydrogen-bond acceptors (Lipinski definition) is 5. The van der Waals surface area contributed by atoms with E-state index in [1.165, 1.54) is 36.5 Å². The zero-order valence-corrected chi connectivity index (χ0v) is 22.7. The van der Waals surface area contributed by atoms with Gasteiger partial charge in [-0.1, -0.05) is 54.6 Å². The van der Waals surface area contributed by atoms with Crippen LogP contribution >= 0.6 is 0 Å². The van der Waals surface area contributed by atoms with E-state index in [9.17, 15) is 34.8 Å². The molecule has 0 unspecified atom stereocenters. The number of benzene rings is 3. The number of hydrogen-bond donors (Lipinski definition) is 1. The Balaban J connectivity index is 1.49. The van der Waals surface area contributed by atoms with Gasteiger partial charge in [0.2, 0.25) is 10.0 Å². The van der Waals surface area contributed by atoms with E-state index in [4.69, 9.17) is 0 Å². The lowest BCUT2D eigenvalue weighted by atomic mass is 10.1. The number of nitrogens with one attached hydrogen (secondary N) is 1. The van der Waals surface area contributed by atoms with Crippen molar-refractivity contribution in [1.82, 2.24) is 19.7 Å². The first-order valence-corrected chi connectivity index (χ1v) is 14.0. The van der Waals surface area contributed by atoms with E-state index in [-0.39, 0.29) is 39.8 Å². The second kappa shape index (κ2) is 11.6. The van der Waals surface area contributed by atoms with Crippen molar-refractivity contribution in [2.75, 3.05) is 0 Å². The van der Waals surface area contributed by atoms with Gasteiger partial charge in [-0.25, -0.2) is 23.1 Å². The van der Waals surface area contributed by atoms with Crippen molar-refractivity contribution >= 4 is 10.0 Å². The van der Waals surface area contributed by atoms with Gasteiger partial charge in [-0.15, -0.1) is 0 Å². The zero-order valence-electron chi connectivity index (χ0n) is 21.9. The van der Waals surface area contributed by atoms with Crippen LogP contribution in [0.15, 0.2) is 108 Å². The highest BCUT2D eigenvalue weighted by molar-refractivity contribution is 7.89. The van der Waals surface area contributed by atoms with E-state index in [2.05, 4.69) is 19.7 Å². The summed E-state index contributed by atoms with van der Waals surface area (Å²) in [5, 5.41) is 0. The minimum atomic E-state index is -4.87. The van der Waals surface area contributed by atoms with Crippen molar-refractivity contribution in [3.63, 3.8) is 0 Å². The van der Waals surface area contributed by atoms with Gasteiger partial charge >= 0.3 is 12.4 Å². The topological polar surface area (TPSA) is 84.8 Å². The number of halogens is 6. The highest BCUT2D eigenvalue weighted by Crippen LogP contribution is 2.35. The summed E-state index contributed by atoms with van der Waals surface area (Å²) >= 11 is 0. The summed E-state index contributed by atoms with van der Waals surface area (Å²) in [4.78, 5) is 12.0. The number of rotatable bonds is 7. The van der Waals surface area contributed by atoms with Crippen molar-refractivity contribution in [2.45, 2.75) is 23.8 Å². The number of pyridine rings is 1. The molecule has 13 heteroatoms. The molecule has 0 aliphatic rings. The second-order valence-corrected chi connectivity index (χ2v) is 11.1. The monoisotopic (exact) mass is 614 g/mol. The molecule has 0 aliphatic carbocycles. The lowest BCUT2D eigenvalue weighted by Crippen LogP contribution is -2.23. The minimum Gasteiger partial charge on any atom is -0.256 e. The molecular weight excluding hydrogens is 594 g/mol. The third-order valence-electron chi connectivity index (χ3n) is 6.29. The summed E-state index contributed by atoms with van der Waals surface area (Å²) in [5.74, 6) is -0.346. The van der Waals surface area contributed by atoms with E-state index < -0.39 is 33.6 Å². The molecule has 0 bridgehead atoms. The number of alkyl halides is 6. The Morgan fingerprint density at radius 1 is 0.651 bits per heavy atom. The fraction of sp³-hybridized carbons (Fsp3) is 0.100. The highest BCUT2D eigenvalue weighted by Gasteiger charge is 2.34. The van der Waals surface area contributed by atoms with Gasteiger partial charge in [0.05, 0.1) is 21.8 Å². The molecule has 0 spiro atoms. The molecule has 3 aromatic carbocycles. The van der Waals surface area contributed by atoms with Crippen LogP contribution in [0, 0.1) is 0 Å². The highest BCUT2D eigenvalue weighted by atomic mass is 32.2. The van der Waals surface area contributed by atoms with Crippen LogP contribution in [0.1, 0.15) is 16.8 Å². The van der Waals surface area contributed by atoms with Gasteiger partial charge in [-0.05, 0) is 48.0 Å². The average Bonchev–Trinajstić information content (AvgIpc) is 3.00. The molecule has 0 aliphatic heterocycles. The van der Waals surface area contributed by atoms with Gasteiger partial charge in [-0.2, -0.15) is 26.3 Å². The van der Waals surface area contributed by atoms with Gasteiger partial charge in [-0.3, -0.25) is 4.98 Å². The third kappa shape index (κ3) is 7.07. The van der Waals surface area contributed by atoms with E-state index >= 15 is 0 Å². The molecule has 0 radical (unpaired) electrons. The Labute approximate surface area is 242 Å². The fourth-order valence-corrected chi connectivity index (χ4v) is 5.17. The van der Waals surface area contributed by atoms with Gasteiger partial charge in [0, 0.05) is 29.4 Å². The Morgan fingerprint density at radius 3 is 2.05 bits per heavy atom. The number of aromatic nitrogens is 3. The van der Waals surface area contributed by atoms with Crippen molar-refractivity contribution in [1.29, 1.82) is 0 Å². The van der Waals surface area contributed by atoms with E-state index in [1.54, 1.807) is 30.3 Å². The van der Waals surface area contributed by atoms with Crippen LogP contribution in [0.25, 0.3) is 33.9 Å². The van der Waals surface area contributed by atoms with E-state index in [1.807, 2.05) is 6.07 Å². The maximum atomic E-state index is 13.8. The van der Waals surface area contributed by atoms with Crippen LogP contribution in [-0.4, -0.2) is 23.4 Å². The van der Waals surface area contributed by atoms with Crippen LogP contribution in [0.5, 0.6) is 0 Å². The number of nitrogens with zero attached hydrogens (tertiary/aromatic N) is 3. The summed E-state index contributed by atoms with van der Waals surface area (Å²) in [6, 6.07) is 21.8. The molecule has 2 heterocycles. The first kappa shape index (κ1) is 29.9. The van der Waals surface area contributed by atoms with Crippen molar-refractivity contribution in [2.24, 2.45) is 0 Å². The van der Waals surface area contributed by atoms with Crippen LogP contribution in [0.4, 0.5) is 26.3 Å². The van der Waals surface area contributed by atoms with Gasteiger partial charge in [0.1, 0.15) is 5.69 Å². The zero-order chi connectivity index (χ0) is 30.8. The normalized spacial score (nSPS) is 12.3. The predicted molar refractivity (Wildman–Crippen MR) is 147 cm³/mol. The molecule has 43 heavy (non-hydrogen) atoms. The maximum Gasteiger partial charge on any atom is 0.433 e. The molecule has 0 amide bonds. The van der Waals surface area contributed by atoms with Gasteiger partial charge in [0.25, 0.3) is 0 Å². The van der Waals surface area contributed by atoms with Crippen molar-refractivity contribution in [3.8, 4) is 33.9 Å². The molecule has 0 fully saturated rings. The quantitative estimate of drug-likeness (QED) is 0.193.